The molecule has 266 valence electrons. The van der Waals surface area contributed by atoms with Crippen LogP contribution in [0.3, 0.4) is 0 Å². The largest absolute Gasteiger partial charge is 0.309 e. The molecular weight excluding hydrogens is 717 g/mol. The fourth-order valence-electron chi connectivity index (χ4n) is 10.7. The molecule has 0 bridgehead atoms. The first-order chi connectivity index (χ1) is 29.1. The zero-order valence-electron chi connectivity index (χ0n) is 31.3. The van der Waals surface area contributed by atoms with Crippen molar-refractivity contribution in [1.29, 1.82) is 15.8 Å². The van der Waals surface area contributed by atoms with Gasteiger partial charge in [0, 0.05) is 32.9 Å². The minimum absolute atomic E-state index is 0.0474. The minimum Gasteiger partial charge on any atom is -0.309 e. The molecule has 0 radical (unpaired) electrons. The van der Waals surface area contributed by atoms with Crippen molar-refractivity contribution in [2.75, 3.05) is 0 Å². The van der Waals surface area contributed by atoms with E-state index in [1.54, 1.807) is 0 Å². The number of nitriles is 3. The molecule has 0 saturated carbocycles. The predicted molar refractivity (Wildman–Crippen MR) is 240 cm³/mol. The molecule has 2 aliphatic heterocycles. The monoisotopic (exact) mass is 743 g/mol. The number of aromatic nitrogens is 2. The molecule has 5 nitrogen and oxygen atoms in total. The van der Waals surface area contributed by atoms with Gasteiger partial charge in [-0.05, 0) is 129 Å². The Kier molecular flexibility index (Phi) is 6.13. The van der Waals surface area contributed by atoms with Gasteiger partial charge in [-0.3, -0.25) is 0 Å². The second-order valence-electron chi connectivity index (χ2n) is 15.7. The molecule has 0 fully saturated rings. The zero-order valence-corrected chi connectivity index (χ0v) is 31.3. The van der Waals surface area contributed by atoms with Crippen LogP contribution in [0, 0.1) is 34.0 Å². The lowest BCUT2D eigenvalue weighted by molar-refractivity contribution is 1.18. The Morgan fingerprint density at radius 1 is 0.356 bits per heavy atom. The maximum atomic E-state index is 10.7. The summed E-state index contributed by atoms with van der Waals surface area (Å²) in [6.07, 6.45) is 0. The van der Waals surface area contributed by atoms with Crippen LogP contribution in [-0.4, -0.2) is 15.8 Å². The van der Waals surface area contributed by atoms with Gasteiger partial charge in [-0.2, -0.15) is 15.8 Å². The summed E-state index contributed by atoms with van der Waals surface area (Å²) in [5, 5.41) is 39.5. The first kappa shape index (κ1) is 31.8. The Morgan fingerprint density at radius 2 is 0.780 bits per heavy atom. The quantitative estimate of drug-likeness (QED) is 0.165. The molecule has 0 aliphatic carbocycles. The first-order valence-electron chi connectivity index (χ1n) is 19.7. The van der Waals surface area contributed by atoms with E-state index < -0.39 is 0 Å². The Hall–Kier alpha value is -8.37. The molecule has 6 heteroatoms. The van der Waals surface area contributed by atoms with E-state index in [-0.39, 0.29) is 6.71 Å². The van der Waals surface area contributed by atoms with E-state index in [0.29, 0.717) is 16.7 Å². The fourth-order valence-corrected chi connectivity index (χ4v) is 10.7. The Morgan fingerprint density at radius 3 is 1.22 bits per heavy atom. The molecule has 2 aliphatic rings. The summed E-state index contributed by atoms with van der Waals surface area (Å²) in [6.45, 7) is -0.0474. The van der Waals surface area contributed by atoms with Gasteiger partial charge in [0.05, 0.1) is 57.0 Å². The predicted octanol–water partition coefficient (Wildman–Crippen LogP) is 10.3. The van der Waals surface area contributed by atoms with Crippen molar-refractivity contribution in [2.24, 2.45) is 0 Å². The highest BCUT2D eigenvalue weighted by Gasteiger charge is 2.40. The lowest BCUT2D eigenvalue weighted by atomic mass is 9.31. The van der Waals surface area contributed by atoms with Crippen LogP contribution >= 0.6 is 0 Å². The summed E-state index contributed by atoms with van der Waals surface area (Å²) in [6, 6.07) is 62.4. The van der Waals surface area contributed by atoms with Gasteiger partial charge in [-0.1, -0.05) is 89.2 Å². The normalized spacial score (nSPS) is 12.3. The SMILES string of the molecule is N#Cc1ccc(-n2c3ccccc3c3c4cccc5c4c(cc32)-c2cc(C#N)cc3c2B5c2cccc4c2c-3cc2c4c3ccccc3n2-c2ccc(C#N)cc2)cc1. The minimum atomic E-state index is -0.0474. The summed E-state index contributed by atoms with van der Waals surface area (Å²) in [4.78, 5) is 0. The maximum Gasteiger partial charge on any atom is 0.244 e. The van der Waals surface area contributed by atoms with E-state index in [4.69, 9.17) is 0 Å². The fraction of sp³-hybridized carbons (Fsp3) is 0. The lowest BCUT2D eigenvalue weighted by Crippen LogP contribution is -2.57. The van der Waals surface area contributed by atoms with Crippen LogP contribution in [0.1, 0.15) is 16.7 Å². The lowest BCUT2D eigenvalue weighted by Gasteiger charge is -2.34. The van der Waals surface area contributed by atoms with Gasteiger partial charge in [0.1, 0.15) is 0 Å². The number of hydrogen-bond acceptors (Lipinski definition) is 3. The van der Waals surface area contributed by atoms with E-state index in [2.05, 4.69) is 137 Å². The van der Waals surface area contributed by atoms with Crippen LogP contribution in [0.5, 0.6) is 0 Å². The average molecular weight is 744 g/mol. The molecule has 0 spiro atoms. The van der Waals surface area contributed by atoms with Crippen LogP contribution in [0.4, 0.5) is 0 Å². The number of hydrogen-bond donors (Lipinski definition) is 0. The molecule has 0 unspecified atom stereocenters. The van der Waals surface area contributed by atoms with Gasteiger partial charge in [-0.15, -0.1) is 0 Å². The molecule has 0 amide bonds. The van der Waals surface area contributed by atoms with Gasteiger partial charge in [0.15, 0.2) is 0 Å². The van der Waals surface area contributed by atoms with Crippen molar-refractivity contribution in [3.63, 3.8) is 0 Å². The molecule has 59 heavy (non-hydrogen) atoms. The Labute approximate surface area is 338 Å². The molecule has 0 N–H and O–H groups in total. The van der Waals surface area contributed by atoms with Gasteiger partial charge >= 0.3 is 0 Å². The van der Waals surface area contributed by atoms with Gasteiger partial charge in [-0.25, -0.2) is 0 Å². The van der Waals surface area contributed by atoms with Crippen molar-refractivity contribution < 1.29 is 0 Å². The van der Waals surface area contributed by atoms with E-state index in [1.807, 2.05) is 48.5 Å². The van der Waals surface area contributed by atoms with Crippen molar-refractivity contribution in [2.45, 2.75) is 0 Å². The molecule has 9 aromatic carbocycles. The third-order valence-corrected chi connectivity index (χ3v) is 13.0. The molecule has 11 aromatic rings. The smallest absolute Gasteiger partial charge is 0.244 e. The number of rotatable bonds is 2. The van der Waals surface area contributed by atoms with E-state index in [9.17, 15) is 15.8 Å². The Bertz CT molecular complexity index is 3620. The molecule has 4 heterocycles. The second kappa shape index (κ2) is 11.4. The van der Waals surface area contributed by atoms with E-state index >= 15 is 0 Å². The van der Waals surface area contributed by atoms with E-state index in [0.717, 1.165) is 55.7 Å². The number of nitrogens with zero attached hydrogens (tertiary/aromatic N) is 5. The third-order valence-electron chi connectivity index (χ3n) is 13.0. The van der Waals surface area contributed by atoms with Crippen LogP contribution in [0.2, 0.25) is 0 Å². The molecular formula is C53H26BN5. The average Bonchev–Trinajstić information content (AvgIpc) is 3.81. The first-order valence-corrected chi connectivity index (χ1v) is 19.7. The summed E-state index contributed by atoms with van der Waals surface area (Å²) in [5.74, 6) is 0. The topological polar surface area (TPSA) is 81.2 Å². The second-order valence-corrected chi connectivity index (χ2v) is 15.7. The molecule has 0 atom stereocenters. The molecule has 0 saturated heterocycles. The standard InChI is InChI=1S/C53H26BN5/c55-27-30-15-19-33(20-16-30)58-45-13-3-1-7-35(45)51-37-9-5-11-43-49(37)39(25-47(51)58)41-23-32(29-57)24-42-40-26-48-52(38-10-6-12-44(50(38)40)54(43)53(41)42)36-8-2-4-14-46(36)59(48)34-21-17-31(28-56)18-22-34/h1-26H. The van der Waals surface area contributed by atoms with Crippen LogP contribution in [-0.2, 0) is 0 Å². The summed E-state index contributed by atoms with van der Waals surface area (Å²) >= 11 is 0. The maximum absolute atomic E-state index is 10.7. The highest BCUT2D eigenvalue weighted by Crippen LogP contribution is 2.47. The highest BCUT2D eigenvalue weighted by molar-refractivity contribution is 7.01. The zero-order chi connectivity index (χ0) is 39.1. The van der Waals surface area contributed by atoms with Crippen molar-refractivity contribution >= 4 is 88.3 Å². The van der Waals surface area contributed by atoms with Crippen LogP contribution < -0.4 is 16.4 Å². The highest BCUT2D eigenvalue weighted by atomic mass is 15.0. The molecule has 13 rings (SSSR count). The van der Waals surface area contributed by atoms with Crippen molar-refractivity contribution in [1.82, 2.24) is 9.13 Å². The summed E-state index contributed by atoms with van der Waals surface area (Å²) < 4.78 is 4.63. The van der Waals surface area contributed by atoms with Crippen molar-refractivity contribution in [3.8, 4) is 51.8 Å². The van der Waals surface area contributed by atoms with Gasteiger partial charge < -0.3 is 9.13 Å². The van der Waals surface area contributed by atoms with Crippen molar-refractivity contribution in [3.05, 3.63) is 174 Å². The van der Waals surface area contributed by atoms with E-state index in [1.165, 1.54) is 59.5 Å². The van der Waals surface area contributed by atoms with Gasteiger partial charge in [0.25, 0.3) is 0 Å². The summed E-state index contributed by atoms with van der Waals surface area (Å²) in [7, 11) is 0. The van der Waals surface area contributed by atoms with Gasteiger partial charge in [0.2, 0.25) is 6.71 Å². The Balaban J connectivity index is 1.18. The number of benzene rings is 9. The van der Waals surface area contributed by atoms with Crippen LogP contribution in [0.25, 0.3) is 98.8 Å². The molecule has 2 aromatic heterocycles. The number of para-hydroxylation sites is 2. The summed E-state index contributed by atoms with van der Waals surface area (Å²) in [5.41, 5.74) is 16.4. The van der Waals surface area contributed by atoms with Crippen LogP contribution in [0.15, 0.2) is 158 Å². The third kappa shape index (κ3) is 4.01. The number of fused-ring (bicyclic) bond motifs is 12.